The van der Waals surface area contributed by atoms with Gasteiger partial charge in [0.2, 0.25) is 5.95 Å². The van der Waals surface area contributed by atoms with E-state index in [1.807, 2.05) is 6.26 Å². The maximum Gasteiger partial charge on any atom is 0.266 e. The molecule has 2 aromatic heterocycles. The zero-order valence-corrected chi connectivity index (χ0v) is 16.2. The van der Waals surface area contributed by atoms with Crippen LogP contribution in [0.15, 0.2) is 16.1 Å². The molecular weight excluding hydrogens is 354 g/mol. The Hall–Kier alpha value is -1.71. The minimum absolute atomic E-state index is 0.0940. The monoisotopic (exact) mass is 379 g/mol. The lowest BCUT2D eigenvalue weighted by atomic mass is 9.95. The lowest BCUT2D eigenvalue weighted by Gasteiger charge is -2.27. The summed E-state index contributed by atoms with van der Waals surface area (Å²) in [4.78, 5) is 26.4. The van der Waals surface area contributed by atoms with Crippen LogP contribution in [0.25, 0.3) is 11.0 Å². The van der Waals surface area contributed by atoms with E-state index in [-0.39, 0.29) is 11.6 Å². The number of hydrogen-bond acceptors (Lipinski definition) is 8. The van der Waals surface area contributed by atoms with Crippen LogP contribution in [0.1, 0.15) is 38.1 Å². The molecule has 9 heteroatoms. The fourth-order valence-corrected chi connectivity index (χ4v) is 3.65. The summed E-state index contributed by atoms with van der Waals surface area (Å²) in [6.07, 6.45) is 8.46. The van der Waals surface area contributed by atoms with Crippen molar-refractivity contribution >= 4 is 28.7 Å². The highest BCUT2D eigenvalue weighted by Crippen LogP contribution is 2.29. The molecule has 3 rings (SSSR count). The summed E-state index contributed by atoms with van der Waals surface area (Å²) in [6.45, 7) is 0.387. The quantitative estimate of drug-likeness (QED) is 0.446. The van der Waals surface area contributed by atoms with Gasteiger partial charge in [-0.25, -0.2) is 9.97 Å². The van der Waals surface area contributed by atoms with Gasteiger partial charge in [-0.1, -0.05) is 31.0 Å². The number of fused-ring (bicyclic) bond motifs is 1. The normalized spacial score (nSPS) is 15.7. The van der Waals surface area contributed by atoms with Crippen LogP contribution in [-0.4, -0.2) is 52.8 Å². The molecule has 1 aliphatic carbocycles. The van der Waals surface area contributed by atoms with Gasteiger partial charge in [-0.05, 0) is 19.1 Å². The van der Waals surface area contributed by atoms with Crippen molar-refractivity contribution in [2.45, 2.75) is 49.6 Å². The number of hydrogen-bond donors (Lipinski definition) is 1. The molecule has 2 heterocycles. The number of ether oxygens (including phenoxy) is 2. The van der Waals surface area contributed by atoms with E-state index in [1.54, 1.807) is 25.0 Å². The van der Waals surface area contributed by atoms with Gasteiger partial charge in [0.25, 0.3) is 5.56 Å². The van der Waals surface area contributed by atoms with Gasteiger partial charge < -0.3 is 14.8 Å². The average Bonchev–Trinajstić information content (AvgIpc) is 2.69. The predicted molar refractivity (Wildman–Crippen MR) is 102 cm³/mol. The second kappa shape index (κ2) is 8.79. The van der Waals surface area contributed by atoms with Crippen molar-refractivity contribution in [1.82, 2.24) is 19.5 Å². The summed E-state index contributed by atoms with van der Waals surface area (Å²) < 4.78 is 12.2. The van der Waals surface area contributed by atoms with Crippen LogP contribution in [-0.2, 0) is 9.47 Å². The molecule has 142 valence electrons. The molecule has 1 aliphatic rings. The van der Waals surface area contributed by atoms with Crippen molar-refractivity contribution in [1.29, 1.82) is 0 Å². The topological polar surface area (TPSA) is 91.2 Å². The Kier molecular flexibility index (Phi) is 6.44. The highest BCUT2D eigenvalue weighted by atomic mass is 32.2. The zero-order chi connectivity index (χ0) is 18.5. The van der Waals surface area contributed by atoms with Crippen LogP contribution in [0.5, 0.6) is 0 Å². The van der Waals surface area contributed by atoms with E-state index in [1.165, 1.54) is 18.2 Å². The largest absolute Gasteiger partial charge is 0.354 e. The fourth-order valence-electron chi connectivity index (χ4n) is 3.31. The molecule has 0 unspecified atom stereocenters. The molecule has 0 bridgehead atoms. The first-order chi connectivity index (χ1) is 12.7. The van der Waals surface area contributed by atoms with Gasteiger partial charge in [-0.3, -0.25) is 9.36 Å². The Labute approximate surface area is 156 Å². The number of thioether (sulfide) groups is 1. The maximum atomic E-state index is 13.2. The Morgan fingerprint density at radius 1 is 1.27 bits per heavy atom. The Balaban J connectivity index is 2.06. The molecule has 0 saturated heterocycles. The molecule has 1 saturated carbocycles. The third kappa shape index (κ3) is 3.99. The van der Waals surface area contributed by atoms with Crippen molar-refractivity contribution in [3.63, 3.8) is 0 Å². The van der Waals surface area contributed by atoms with Crippen LogP contribution < -0.4 is 10.9 Å². The highest BCUT2D eigenvalue weighted by Gasteiger charge is 2.23. The SMILES string of the molecule is COC(CNc1nc2nc(SC)ncc2c(=O)n1C1CCCCC1)OC. The van der Waals surface area contributed by atoms with E-state index in [0.29, 0.717) is 28.7 Å². The van der Waals surface area contributed by atoms with Crippen molar-refractivity contribution in [3.8, 4) is 0 Å². The van der Waals surface area contributed by atoms with Crippen LogP contribution in [0.2, 0.25) is 0 Å². The van der Waals surface area contributed by atoms with E-state index >= 15 is 0 Å². The molecule has 0 radical (unpaired) electrons. The molecule has 1 N–H and O–H groups in total. The summed E-state index contributed by atoms with van der Waals surface area (Å²) in [5, 5.41) is 4.27. The average molecular weight is 379 g/mol. The van der Waals surface area contributed by atoms with Crippen LogP contribution in [0.4, 0.5) is 5.95 Å². The molecule has 2 aromatic rings. The van der Waals surface area contributed by atoms with Crippen molar-refractivity contribution < 1.29 is 9.47 Å². The van der Waals surface area contributed by atoms with Gasteiger partial charge in [-0.15, -0.1) is 0 Å². The van der Waals surface area contributed by atoms with Gasteiger partial charge >= 0.3 is 0 Å². The smallest absolute Gasteiger partial charge is 0.266 e. The summed E-state index contributed by atoms with van der Waals surface area (Å²) in [7, 11) is 3.16. The highest BCUT2D eigenvalue weighted by molar-refractivity contribution is 7.98. The maximum absolute atomic E-state index is 13.2. The van der Waals surface area contributed by atoms with Gasteiger partial charge in [0.1, 0.15) is 5.39 Å². The minimum Gasteiger partial charge on any atom is -0.354 e. The first-order valence-electron chi connectivity index (χ1n) is 8.80. The van der Waals surface area contributed by atoms with Crippen molar-refractivity contribution in [2.75, 3.05) is 32.3 Å². The number of methoxy groups -OCH3 is 2. The van der Waals surface area contributed by atoms with Crippen LogP contribution >= 0.6 is 11.8 Å². The van der Waals surface area contributed by atoms with Crippen molar-refractivity contribution in [2.24, 2.45) is 0 Å². The van der Waals surface area contributed by atoms with E-state index in [0.717, 1.165) is 25.7 Å². The fraction of sp³-hybridized carbons (Fsp3) is 0.647. The summed E-state index contributed by atoms with van der Waals surface area (Å²) >= 11 is 1.42. The minimum atomic E-state index is -0.422. The Morgan fingerprint density at radius 3 is 2.65 bits per heavy atom. The molecule has 8 nitrogen and oxygen atoms in total. The molecule has 0 aliphatic heterocycles. The molecule has 0 atom stereocenters. The second-order valence-corrected chi connectivity index (χ2v) is 7.05. The predicted octanol–water partition coefficient (Wildman–Crippen LogP) is 2.44. The van der Waals surface area contributed by atoms with E-state index < -0.39 is 6.29 Å². The van der Waals surface area contributed by atoms with Gasteiger partial charge in [-0.2, -0.15) is 4.98 Å². The molecule has 1 fully saturated rings. The lowest BCUT2D eigenvalue weighted by molar-refractivity contribution is -0.0915. The summed E-state index contributed by atoms with van der Waals surface area (Å²) in [6, 6.07) is 0.138. The third-order valence-corrected chi connectivity index (χ3v) is 5.27. The number of anilines is 1. The number of nitrogens with zero attached hydrogens (tertiary/aromatic N) is 4. The molecule has 0 spiro atoms. The first kappa shape index (κ1) is 19.1. The lowest BCUT2D eigenvalue weighted by Crippen LogP contribution is -2.33. The molecule has 26 heavy (non-hydrogen) atoms. The third-order valence-electron chi connectivity index (χ3n) is 4.71. The van der Waals surface area contributed by atoms with Crippen LogP contribution in [0, 0.1) is 0 Å². The number of rotatable bonds is 7. The van der Waals surface area contributed by atoms with E-state index in [4.69, 9.17) is 9.47 Å². The number of nitrogens with one attached hydrogen (secondary N) is 1. The van der Waals surface area contributed by atoms with Gasteiger partial charge in [0.15, 0.2) is 17.1 Å². The van der Waals surface area contributed by atoms with E-state index in [2.05, 4.69) is 20.3 Å². The molecule has 0 amide bonds. The zero-order valence-electron chi connectivity index (χ0n) is 15.4. The van der Waals surface area contributed by atoms with Gasteiger partial charge in [0, 0.05) is 26.5 Å². The van der Waals surface area contributed by atoms with E-state index in [9.17, 15) is 4.79 Å². The second-order valence-electron chi connectivity index (χ2n) is 6.28. The Morgan fingerprint density at radius 2 is 2.00 bits per heavy atom. The van der Waals surface area contributed by atoms with Crippen LogP contribution in [0.3, 0.4) is 0 Å². The molecule has 0 aromatic carbocycles. The first-order valence-corrected chi connectivity index (χ1v) is 10.0. The summed E-state index contributed by atoms with van der Waals surface area (Å²) in [5.41, 5.74) is 0.318. The van der Waals surface area contributed by atoms with Gasteiger partial charge in [0.05, 0.1) is 6.54 Å². The van der Waals surface area contributed by atoms with Crippen molar-refractivity contribution in [3.05, 3.63) is 16.6 Å². The number of aromatic nitrogens is 4. The molecular formula is C17H25N5O3S. The standard InChI is InChI=1S/C17H25N5O3S/c1-24-13(25-2)10-18-16-20-14-12(9-19-17(21-14)26-3)15(23)22(16)11-7-5-4-6-8-11/h9,11,13H,4-8,10H2,1-3H3,(H,18,19,20,21). The Bertz CT molecular complexity index is 803. The summed E-state index contributed by atoms with van der Waals surface area (Å²) in [5.74, 6) is 0.513.